The molecular weight excluding hydrogens is 725 g/mol. The minimum atomic E-state index is -0.214. The zero-order valence-corrected chi connectivity index (χ0v) is 38.3. The van der Waals surface area contributed by atoms with Crippen LogP contribution in [0.3, 0.4) is 0 Å². The van der Waals surface area contributed by atoms with Gasteiger partial charge < -0.3 is 9.47 Å². The van der Waals surface area contributed by atoms with Crippen molar-refractivity contribution in [3.05, 3.63) is 71.3 Å². The molecule has 0 unspecified atom stereocenters. The Kier molecular flexibility index (Phi) is 17.5. The molecule has 5 aliphatic rings. The van der Waals surface area contributed by atoms with Crippen molar-refractivity contribution in [2.24, 2.45) is 46.3 Å². The van der Waals surface area contributed by atoms with E-state index in [-0.39, 0.29) is 18.0 Å². The molecule has 0 aliphatic heterocycles. The number of carbonyl (C=O) groups is 2. The van der Waals surface area contributed by atoms with Crippen molar-refractivity contribution < 1.29 is 19.1 Å². The minimum Gasteiger partial charge on any atom is -0.462 e. The van der Waals surface area contributed by atoms with Gasteiger partial charge in [-0.05, 0) is 122 Å². The van der Waals surface area contributed by atoms with E-state index in [2.05, 4.69) is 65.0 Å². The molecule has 0 saturated heterocycles. The molecule has 0 bridgehead atoms. The first kappa shape index (κ1) is 45.9. The van der Waals surface area contributed by atoms with Crippen molar-refractivity contribution >= 4 is 11.9 Å². The molecule has 0 N–H and O–H groups in total. The van der Waals surface area contributed by atoms with Crippen LogP contribution >= 0.6 is 0 Å². The van der Waals surface area contributed by atoms with Crippen LogP contribution in [0.5, 0.6) is 0 Å². The third-order valence-electron chi connectivity index (χ3n) is 16.6. The van der Waals surface area contributed by atoms with Crippen molar-refractivity contribution in [1.29, 1.82) is 0 Å². The van der Waals surface area contributed by atoms with Crippen LogP contribution in [0.1, 0.15) is 217 Å². The predicted molar refractivity (Wildman–Crippen MR) is 245 cm³/mol. The van der Waals surface area contributed by atoms with Gasteiger partial charge in [0, 0.05) is 18.8 Å². The van der Waals surface area contributed by atoms with Crippen LogP contribution in [-0.2, 0) is 14.3 Å². The van der Waals surface area contributed by atoms with E-state index in [4.69, 9.17) is 9.47 Å². The third-order valence-corrected chi connectivity index (χ3v) is 16.6. The zero-order chi connectivity index (χ0) is 41.7. The summed E-state index contributed by atoms with van der Waals surface area (Å²) in [5, 5.41) is 0. The molecule has 1 aromatic rings. The number of unbranched alkanes of at least 4 members (excludes halogenated alkanes) is 12. The highest BCUT2D eigenvalue weighted by Gasteiger charge is 2.59. The standard InChI is InChI=1S/C55H84O4/c1-41(2)22-21-23-42(3)49-33-34-50-48-32-31-46-40-47(35-37-54(46,4)51(48)36-38-55(49,50)5)59-52(56)26-17-15-13-11-9-7-6-8-10-12-14-16-20-39-58-53(57)45-29-27-44(28-30-45)43-24-18-19-25-43/h18-19,24-25,27-31,41-43,47-51H,6-17,20-23,26,32-40H2,1-5H3/t42-,47+,48+,49-,50+,51+,54+,55-/m1/s1. The Labute approximate surface area is 361 Å². The van der Waals surface area contributed by atoms with Crippen molar-refractivity contribution in [3.8, 4) is 0 Å². The molecule has 0 heterocycles. The number of hydrogen-bond donors (Lipinski definition) is 0. The number of hydrogen-bond acceptors (Lipinski definition) is 4. The van der Waals surface area contributed by atoms with Crippen molar-refractivity contribution in [3.63, 3.8) is 0 Å². The van der Waals surface area contributed by atoms with Gasteiger partial charge in [-0.1, -0.05) is 173 Å². The fourth-order valence-corrected chi connectivity index (χ4v) is 13.1. The molecule has 1 aromatic carbocycles. The maximum Gasteiger partial charge on any atom is 0.338 e. The highest BCUT2D eigenvalue weighted by Crippen LogP contribution is 2.67. The molecule has 0 amide bonds. The second-order valence-electron chi connectivity index (χ2n) is 21.0. The Bertz CT molecular complexity index is 1540. The van der Waals surface area contributed by atoms with Crippen LogP contribution in [0, 0.1) is 46.3 Å². The van der Waals surface area contributed by atoms with Crippen LogP contribution in [0.25, 0.3) is 0 Å². The molecule has 5 aliphatic carbocycles. The molecule has 0 spiro atoms. The number of benzene rings is 1. The molecule has 0 radical (unpaired) electrons. The number of allylic oxidation sites excluding steroid dienone is 5. The van der Waals surface area contributed by atoms with Crippen LogP contribution in [0.4, 0.5) is 0 Å². The molecule has 4 nitrogen and oxygen atoms in total. The van der Waals surface area contributed by atoms with E-state index in [0.717, 1.165) is 74.0 Å². The number of ether oxygens (including phenoxy) is 2. The highest BCUT2D eigenvalue weighted by atomic mass is 16.5. The molecule has 6 rings (SSSR count). The van der Waals surface area contributed by atoms with Gasteiger partial charge in [0.15, 0.2) is 0 Å². The Hall–Kier alpha value is -2.62. The van der Waals surface area contributed by atoms with E-state index in [9.17, 15) is 9.59 Å². The first-order valence-corrected chi connectivity index (χ1v) is 25.1. The van der Waals surface area contributed by atoms with Crippen molar-refractivity contribution in [2.75, 3.05) is 6.61 Å². The summed E-state index contributed by atoms with van der Waals surface area (Å²) in [4.78, 5) is 25.3. The summed E-state index contributed by atoms with van der Waals surface area (Å²) in [6.07, 6.45) is 41.9. The van der Waals surface area contributed by atoms with Gasteiger partial charge in [0.25, 0.3) is 0 Å². The first-order valence-electron chi connectivity index (χ1n) is 25.1. The Morgan fingerprint density at radius 2 is 1.36 bits per heavy atom. The largest absolute Gasteiger partial charge is 0.462 e. The maximum atomic E-state index is 12.9. The fraction of sp³-hybridized carbons (Fsp3) is 0.745. The van der Waals surface area contributed by atoms with E-state index in [1.807, 2.05) is 24.3 Å². The number of fused-ring (bicyclic) bond motifs is 5. The Morgan fingerprint density at radius 1 is 0.712 bits per heavy atom. The minimum absolute atomic E-state index is 0.0399. The molecule has 3 fully saturated rings. The van der Waals surface area contributed by atoms with Crippen LogP contribution < -0.4 is 0 Å². The lowest BCUT2D eigenvalue weighted by Gasteiger charge is -2.58. The fourth-order valence-electron chi connectivity index (χ4n) is 13.1. The number of carbonyl (C=O) groups excluding carboxylic acids is 2. The SMILES string of the molecule is CC(C)CCC[C@@H](C)[C@H]1CC[C@H]2[C@@H]3CC=C4C[C@@H](OC(=O)CCCCCCCCCCCCCCCOC(=O)c5ccc(C6C=CC=C6)cc5)CC[C@]4(C)[C@H]3CC[C@]12C. The summed E-state index contributed by atoms with van der Waals surface area (Å²) < 4.78 is 11.7. The molecule has 4 heteroatoms. The highest BCUT2D eigenvalue weighted by molar-refractivity contribution is 5.89. The van der Waals surface area contributed by atoms with Gasteiger partial charge in [-0.2, -0.15) is 0 Å². The average molecular weight is 809 g/mol. The van der Waals surface area contributed by atoms with E-state index in [1.54, 1.807) is 5.57 Å². The lowest BCUT2D eigenvalue weighted by atomic mass is 9.47. The summed E-state index contributed by atoms with van der Waals surface area (Å²) in [7, 11) is 0. The third kappa shape index (κ3) is 12.3. The summed E-state index contributed by atoms with van der Waals surface area (Å²) in [6, 6.07) is 7.81. The lowest BCUT2D eigenvalue weighted by molar-refractivity contribution is -0.151. The van der Waals surface area contributed by atoms with Gasteiger partial charge in [-0.15, -0.1) is 0 Å². The Balaban J connectivity index is 0.752. The van der Waals surface area contributed by atoms with Gasteiger partial charge >= 0.3 is 11.9 Å². The topological polar surface area (TPSA) is 52.6 Å². The summed E-state index contributed by atoms with van der Waals surface area (Å²) in [5.41, 5.74) is 4.32. The monoisotopic (exact) mass is 809 g/mol. The smallest absolute Gasteiger partial charge is 0.338 e. The summed E-state index contributed by atoms with van der Waals surface area (Å²) in [5.74, 6) is 5.33. The predicted octanol–water partition coefficient (Wildman–Crippen LogP) is 15.5. The first-order chi connectivity index (χ1) is 28.6. The summed E-state index contributed by atoms with van der Waals surface area (Å²) >= 11 is 0. The van der Waals surface area contributed by atoms with Crippen LogP contribution in [-0.4, -0.2) is 24.6 Å². The van der Waals surface area contributed by atoms with E-state index in [1.165, 1.54) is 121 Å². The van der Waals surface area contributed by atoms with E-state index < -0.39 is 0 Å². The number of esters is 2. The molecule has 0 aromatic heterocycles. The molecule has 328 valence electrons. The van der Waals surface area contributed by atoms with Crippen LogP contribution in [0.2, 0.25) is 0 Å². The van der Waals surface area contributed by atoms with Gasteiger partial charge in [0.05, 0.1) is 12.2 Å². The molecule has 3 saturated carbocycles. The quantitative estimate of drug-likeness (QED) is 0.0593. The maximum absolute atomic E-state index is 12.9. The van der Waals surface area contributed by atoms with Crippen molar-refractivity contribution in [1.82, 2.24) is 0 Å². The van der Waals surface area contributed by atoms with Crippen molar-refractivity contribution in [2.45, 2.75) is 207 Å². The molecule has 59 heavy (non-hydrogen) atoms. The Morgan fingerprint density at radius 3 is 2.02 bits per heavy atom. The normalized spacial score (nSPS) is 29.2. The summed E-state index contributed by atoms with van der Waals surface area (Å²) in [6.45, 7) is 13.1. The van der Waals surface area contributed by atoms with E-state index >= 15 is 0 Å². The van der Waals surface area contributed by atoms with Gasteiger partial charge in [-0.3, -0.25) is 4.79 Å². The lowest BCUT2D eigenvalue weighted by Crippen LogP contribution is -2.51. The zero-order valence-electron chi connectivity index (χ0n) is 38.3. The second kappa shape index (κ2) is 22.5. The second-order valence-corrected chi connectivity index (χ2v) is 21.0. The van der Waals surface area contributed by atoms with Gasteiger partial charge in [0.2, 0.25) is 0 Å². The van der Waals surface area contributed by atoms with E-state index in [0.29, 0.717) is 35.3 Å². The molecule has 8 atom stereocenters. The van der Waals surface area contributed by atoms with Gasteiger partial charge in [0.1, 0.15) is 6.10 Å². The average Bonchev–Trinajstić information content (AvgIpc) is 3.89. The number of rotatable bonds is 24. The van der Waals surface area contributed by atoms with Gasteiger partial charge in [-0.25, -0.2) is 4.79 Å². The van der Waals surface area contributed by atoms with Crippen LogP contribution in [0.15, 0.2) is 60.2 Å². The molecular formula is C55H84O4.